The van der Waals surface area contributed by atoms with Crippen LogP contribution in [0.25, 0.3) is 0 Å². The van der Waals surface area contributed by atoms with Crippen molar-refractivity contribution in [3.63, 3.8) is 0 Å². The third-order valence-corrected chi connectivity index (χ3v) is 2.52. The molecule has 0 spiro atoms. The van der Waals surface area contributed by atoms with Crippen LogP contribution in [0.4, 0.5) is 5.95 Å². The normalized spacial score (nSPS) is 10.1. The minimum absolute atomic E-state index is 0.262. The van der Waals surface area contributed by atoms with Crippen molar-refractivity contribution in [3.05, 3.63) is 48.0 Å². The molecule has 7 heteroatoms. The molecule has 1 aromatic carbocycles. The van der Waals surface area contributed by atoms with Gasteiger partial charge in [-0.3, -0.25) is 0 Å². The number of carboxylic acids is 1. The molecule has 0 saturated carbocycles. The van der Waals surface area contributed by atoms with E-state index in [9.17, 15) is 4.79 Å². The van der Waals surface area contributed by atoms with E-state index in [1.54, 1.807) is 30.3 Å². The second-order valence-corrected chi connectivity index (χ2v) is 3.79. The number of carboxylic acid groups (broad SMARTS) is 1. The van der Waals surface area contributed by atoms with Crippen LogP contribution < -0.4 is 5.32 Å². The van der Waals surface area contributed by atoms with E-state index in [1.807, 2.05) is 0 Å². The van der Waals surface area contributed by atoms with E-state index in [2.05, 4.69) is 27.4 Å². The van der Waals surface area contributed by atoms with Gasteiger partial charge in [-0.1, -0.05) is 29.4 Å². The molecular weight excluding hydrogens is 246 g/mol. The lowest BCUT2D eigenvalue weighted by molar-refractivity contribution is 0.0696. The number of anilines is 1. The maximum Gasteiger partial charge on any atom is 0.336 e. The zero-order chi connectivity index (χ0) is 13.7. The van der Waals surface area contributed by atoms with E-state index in [0.717, 1.165) is 0 Å². The van der Waals surface area contributed by atoms with Gasteiger partial charge in [-0.2, -0.15) is 0 Å². The maximum absolute atomic E-state index is 11.1. The van der Waals surface area contributed by atoms with Crippen LogP contribution in [0, 0.1) is 0 Å². The first-order valence-electron chi connectivity index (χ1n) is 5.64. The molecule has 2 N–H and O–H groups in total. The fourth-order valence-corrected chi connectivity index (χ4v) is 1.63. The minimum Gasteiger partial charge on any atom is -0.478 e. The van der Waals surface area contributed by atoms with E-state index in [1.165, 1.54) is 4.68 Å². The summed E-state index contributed by atoms with van der Waals surface area (Å²) in [4.78, 5) is 11.1. The Labute approximate surface area is 109 Å². The van der Waals surface area contributed by atoms with E-state index < -0.39 is 5.97 Å². The smallest absolute Gasteiger partial charge is 0.336 e. The summed E-state index contributed by atoms with van der Waals surface area (Å²) in [6.45, 7) is 4.43. The van der Waals surface area contributed by atoms with E-state index >= 15 is 0 Å². The number of rotatable bonds is 6. The highest BCUT2D eigenvalue weighted by molar-refractivity contribution is 5.89. The van der Waals surface area contributed by atoms with Crippen LogP contribution in [-0.2, 0) is 13.1 Å². The molecule has 0 unspecified atom stereocenters. The SMILES string of the molecule is C=CCn1nnnc1NCc1ccccc1C(=O)O. The Balaban J connectivity index is 2.12. The molecule has 0 saturated heterocycles. The van der Waals surface area contributed by atoms with Crippen molar-refractivity contribution in [2.45, 2.75) is 13.1 Å². The fraction of sp³-hybridized carbons (Fsp3) is 0.167. The Hall–Kier alpha value is -2.70. The second kappa shape index (κ2) is 5.76. The number of aromatic nitrogens is 4. The van der Waals surface area contributed by atoms with Crippen molar-refractivity contribution in [1.82, 2.24) is 20.2 Å². The molecule has 0 aliphatic heterocycles. The molecule has 2 aromatic rings. The largest absolute Gasteiger partial charge is 0.478 e. The van der Waals surface area contributed by atoms with Gasteiger partial charge in [0.2, 0.25) is 5.95 Å². The number of allylic oxidation sites excluding steroid dienone is 1. The first-order valence-corrected chi connectivity index (χ1v) is 5.64. The molecule has 7 nitrogen and oxygen atoms in total. The zero-order valence-electron chi connectivity index (χ0n) is 10.2. The number of nitrogens with zero attached hydrogens (tertiary/aromatic N) is 4. The van der Waals surface area contributed by atoms with Crippen molar-refractivity contribution in [2.75, 3.05) is 5.32 Å². The van der Waals surface area contributed by atoms with Gasteiger partial charge < -0.3 is 10.4 Å². The summed E-state index contributed by atoms with van der Waals surface area (Å²) in [6.07, 6.45) is 1.67. The first kappa shape index (κ1) is 12.7. The number of hydrogen-bond donors (Lipinski definition) is 2. The number of benzene rings is 1. The number of aromatic carboxylic acids is 1. The maximum atomic E-state index is 11.1. The molecule has 1 aromatic heterocycles. The van der Waals surface area contributed by atoms with E-state index in [4.69, 9.17) is 5.11 Å². The summed E-state index contributed by atoms with van der Waals surface area (Å²) in [5, 5.41) is 23.2. The van der Waals surface area contributed by atoms with E-state index in [0.29, 0.717) is 24.6 Å². The van der Waals surface area contributed by atoms with Crippen LogP contribution >= 0.6 is 0 Å². The lowest BCUT2D eigenvalue weighted by atomic mass is 10.1. The highest BCUT2D eigenvalue weighted by Gasteiger charge is 2.10. The van der Waals surface area contributed by atoms with E-state index in [-0.39, 0.29) is 5.56 Å². The Morgan fingerprint density at radius 2 is 2.26 bits per heavy atom. The molecule has 19 heavy (non-hydrogen) atoms. The lowest BCUT2D eigenvalue weighted by Crippen LogP contribution is -2.11. The van der Waals surface area contributed by atoms with Crippen LogP contribution in [-0.4, -0.2) is 31.3 Å². The van der Waals surface area contributed by atoms with Crippen LogP contribution in [0.5, 0.6) is 0 Å². The molecule has 1 heterocycles. The van der Waals surface area contributed by atoms with Crippen molar-refractivity contribution in [2.24, 2.45) is 0 Å². The van der Waals surface area contributed by atoms with Gasteiger partial charge in [0.1, 0.15) is 0 Å². The first-order chi connectivity index (χ1) is 9.22. The molecule has 0 radical (unpaired) electrons. The van der Waals surface area contributed by atoms with Gasteiger partial charge in [0.05, 0.1) is 12.1 Å². The summed E-state index contributed by atoms with van der Waals surface area (Å²) >= 11 is 0. The highest BCUT2D eigenvalue weighted by Crippen LogP contribution is 2.11. The number of tetrazole rings is 1. The fourth-order valence-electron chi connectivity index (χ4n) is 1.63. The summed E-state index contributed by atoms with van der Waals surface area (Å²) in [5.41, 5.74) is 0.931. The van der Waals surface area contributed by atoms with Gasteiger partial charge in [0.15, 0.2) is 0 Å². The van der Waals surface area contributed by atoms with Gasteiger partial charge in [0.25, 0.3) is 0 Å². The standard InChI is InChI=1S/C12H13N5O2/c1-2-7-17-12(14-15-16-17)13-8-9-5-3-4-6-10(9)11(18)19/h2-6H,1,7-8H2,(H,18,19)(H,13,14,16). The molecular formula is C12H13N5O2. The van der Waals surface area contributed by atoms with Gasteiger partial charge >= 0.3 is 5.97 Å². The quantitative estimate of drug-likeness (QED) is 0.756. The topological polar surface area (TPSA) is 92.9 Å². The Morgan fingerprint density at radius 3 is 3.00 bits per heavy atom. The third-order valence-electron chi connectivity index (χ3n) is 2.52. The Bertz CT molecular complexity index is 593. The predicted octanol–water partition coefficient (Wildman–Crippen LogP) is 1.17. The molecule has 98 valence electrons. The average Bonchev–Trinajstić information content (AvgIpc) is 2.84. The molecule has 0 fully saturated rings. The van der Waals surface area contributed by atoms with Crippen LogP contribution in [0.15, 0.2) is 36.9 Å². The second-order valence-electron chi connectivity index (χ2n) is 3.79. The summed E-state index contributed by atoms with van der Waals surface area (Å²) in [5.74, 6) is -0.483. The van der Waals surface area contributed by atoms with Crippen molar-refractivity contribution in [3.8, 4) is 0 Å². The number of hydrogen-bond acceptors (Lipinski definition) is 5. The van der Waals surface area contributed by atoms with Crippen molar-refractivity contribution < 1.29 is 9.90 Å². The lowest BCUT2D eigenvalue weighted by Gasteiger charge is -2.08. The van der Waals surface area contributed by atoms with Crippen LogP contribution in [0.3, 0.4) is 0 Å². The number of nitrogens with one attached hydrogen (secondary N) is 1. The van der Waals surface area contributed by atoms with Crippen molar-refractivity contribution >= 4 is 11.9 Å². The molecule has 0 aliphatic rings. The molecule has 0 atom stereocenters. The van der Waals surface area contributed by atoms with Gasteiger partial charge in [-0.25, -0.2) is 9.48 Å². The van der Waals surface area contributed by atoms with Gasteiger partial charge in [-0.15, -0.1) is 6.58 Å². The third kappa shape index (κ3) is 2.95. The van der Waals surface area contributed by atoms with Gasteiger partial charge in [0, 0.05) is 6.54 Å². The summed E-state index contributed by atoms with van der Waals surface area (Å²) in [6, 6.07) is 6.79. The monoisotopic (exact) mass is 259 g/mol. The molecule has 0 aliphatic carbocycles. The Kier molecular flexibility index (Phi) is 3.87. The molecule has 2 rings (SSSR count). The van der Waals surface area contributed by atoms with Gasteiger partial charge in [-0.05, 0) is 22.1 Å². The number of carbonyl (C=O) groups is 1. The predicted molar refractivity (Wildman–Crippen MR) is 68.7 cm³/mol. The van der Waals surface area contributed by atoms with Crippen LogP contribution in [0.1, 0.15) is 15.9 Å². The zero-order valence-corrected chi connectivity index (χ0v) is 10.2. The van der Waals surface area contributed by atoms with Crippen LogP contribution in [0.2, 0.25) is 0 Å². The van der Waals surface area contributed by atoms with Crippen molar-refractivity contribution in [1.29, 1.82) is 0 Å². The Morgan fingerprint density at radius 1 is 1.47 bits per heavy atom. The minimum atomic E-state index is -0.955. The molecule has 0 bridgehead atoms. The highest BCUT2D eigenvalue weighted by atomic mass is 16.4. The average molecular weight is 259 g/mol. The summed E-state index contributed by atoms with van der Waals surface area (Å²) in [7, 11) is 0. The molecule has 0 amide bonds. The summed E-state index contributed by atoms with van der Waals surface area (Å²) < 4.78 is 1.54.